The van der Waals surface area contributed by atoms with Crippen molar-refractivity contribution in [2.24, 2.45) is 35.1 Å². The maximum Gasteiger partial charge on any atom is 0.317 e. The first-order valence-corrected chi connectivity index (χ1v) is 45.6. The Morgan fingerprint density at radius 1 is 0.466 bits per heavy atom. The van der Waals surface area contributed by atoms with Crippen LogP contribution in [0.15, 0.2) is 24.3 Å². The van der Waals surface area contributed by atoms with Crippen LogP contribution in [-0.4, -0.2) is 423 Å². The lowest BCUT2D eigenvalue weighted by Crippen LogP contribution is -2.54. The van der Waals surface area contributed by atoms with Crippen molar-refractivity contribution in [1.82, 2.24) is 86.6 Å². The number of hydrogen-bond acceptors (Lipinski definition) is 30. The van der Waals surface area contributed by atoms with Crippen LogP contribution in [0.1, 0.15) is 140 Å². The molecule has 7 atom stereocenters. The Kier molecular flexibility index (Phi) is 48.7. The van der Waals surface area contributed by atoms with Crippen LogP contribution >= 0.6 is 0 Å². The molecule has 0 radical (unpaired) electrons. The monoisotopic (exact) mass is 1880 g/mol. The Hall–Kier alpha value is -11.3. The van der Waals surface area contributed by atoms with Gasteiger partial charge in [0.15, 0.2) is 5.78 Å². The van der Waals surface area contributed by atoms with Gasteiger partial charge in [0.25, 0.3) is 0 Å². The average molecular weight is 1880 g/mol. The van der Waals surface area contributed by atoms with E-state index in [0.29, 0.717) is 56.9 Å². The van der Waals surface area contributed by atoms with E-state index in [1.165, 1.54) is 29.2 Å². The van der Waals surface area contributed by atoms with Crippen molar-refractivity contribution in [1.29, 1.82) is 5.41 Å². The summed E-state index contributed by atoms with van der Waals surface area (Å²) in [4.78, 5) is 264. The molecule has 2 unspecified atom stereocenters. The molecule has 47 nitrogen and oxygen atoms in total. The molecule has 10 amide bonds. The number of aromatic hydroxyl groups is 1. The maximum atomic E-state index is 14.6. The summed E-state index contributed by atoms with van der Waals surface area (Å²) in [5, 5.41) is 107. The normalized spacial score (nSPS) is 22.1. The number of ketones is 2. The zero-order valence-corrected chi connectivity index (χ0v) is 75.6. The smallest absolute Gasteiger partial charge is 0.317 e. The maximum absolute atomic E-state index is 14.6. The quantitative estimate of drug-likeness (QED) is 0.0126. The predicted molar refractivity (Wildman–Crippen MR) is 474 cm³/mol. The molecule has 0 spiro atoms. The van der Waals surface area contributed by atoms with Crippen molar-refractivity contribution in [2.75, 3.05) is 190 Å². The minimum absolute atomic E-state index is 0.0181. The number of Topliss-reactive ketones (excluding diaryl/α,β-unsaturated/α-hetero) is 2. The van der Waals surface area contributed by atoms with Gasteiger partial charge in [-0.1, -0.05) is 31.4 Å². The van der Waals surface area contributed by atoms with Crippen molar-refractivity contribution in [3.63, 3.8) is 0 Å². The Labute approximate surface area is 771 Å². The van der Waals surface area contributed by atoms with Gasteiger partial charge < -0.3 is 94.9 Å². The molecular weight excluding hydrogens is 1750 g/mol. The second-order valence-electron chi connectivity index (χ2n) is 34.9. The first-order chi connectivity index (χ1) is 63.2. The number of rotatable bonds is 49. The Balaban J connectivity index is 1.08. The van der Waals surface area contributed by atoms with E-state index in [2.05, 4.69) is 42.5 Å². The van der Waals surface area contributed by atoms with Crippen LogP contribution in [0.3, 0.4) is 0 Å². The number of primary amides is 1. The number of nitrogens with one attached hydrogen (secondary N) is 9. The fraction of sp³-hybridized carbons (Fsp3) is 0.698. The Morgan fingerprint density at radius 3 is 1.35 bits per heavy atom. The van der Waals surface area contributed by atoms with Crippen molar-refractivity contribution < 1.29 is 132 Å². The molecule has 4 heterocycles. The minimum Gasteiger partial charge on any atom is -0.508 e. The summed E-state index contributed by atoms with van der Waals surface area (Å²) in [5.74, 6) is -19.0. The standard InChI is InChI=1S/C86H136N20O27/c87-69(88)13-2-1-12-63-84(131)93-46-70(110)94-65(45-74(114)115)85(132)97-64(41-56-16-20-61(107)21-17-56)68(109)43-60(83(130)96-63)10-3-6-22-90-66-44-73(113)106(86(66)133)47-57-14-18-58(19-15-57)67(108)42-59(9-4-7-23-91-71(111)48-98-25-29-100(50-75(116)117)33-37-104(54-79(124)125)38-34-101(30-26-98)51-76(118)119)82(129)95-62(81(89)128)11-5-8-24-92-72(112)49-99-27-31-102(52-77(120)121)35-39-105(55-80(126)127)40-36-103(32-28-99)53-78(122)123/h16-17,20-21,57-60,62-66,90,107H,1-15,18-19,22-55H2,(H3,87,88)(H2,89,128)(H,91,111)(H,92,112)(H,93,131)(H,94,110)(H,95,129)(H,96,130)(H,97,132)(H,114,115)(H,116,117)(H,118,119)(H,120,121)(H,122,123)(H,124,125)(H,126,127)/t57?,58?,59-,60?,62-,63-,64+,65-,66?/m0/s1. The molecule has 5 aliphatic rings. The van der Waals surface area contributed by atoms with Gasteiger partial charge in [0.1, 0.15) is 29.7 Å². The largest absolute Gasteiger partial charge is 0.508 e. The fourth-order valence-corrected chi connectivity index (χ4v) is 16.8. The van der Waals surface area contributed by atoms with Gasteiger partial charge in [0.2, 0.25) is 59.1 Å². The topological polar surface area (TPSA) is 687 Å². The van der Waals surface area contributed by atoms with Crippen LogP contribution in [0.4, 0.5) is 0 Å². The number of imide groups is 1. The number of amidine groups is 1. The summed E-state index contributed by atoms with van der Waals surface area (Å²) in [6, 6.07) is -0.825. The lowest BCUT2D eigenvalue weighted by molar-refractivity contribution is -0.141. The number of aliphatic carboxylic acids is 7. The van der Waals surface area contributed by atoms with Crippen LogP contribution in [-0.2, 0) is 97.5 Å². The van der Waals surface area contributed by atoms with E-state index >= 15 is 0 Å². The number of amides is 10. The van der Waals surface area contributed by atoms with Crippen molar-refractivity contribution in [3.05, 3.63) is 29.8 Å². The second-order valence-corrected chi connectivity index (χ2v) is 34.9. The van der Waals surface area contributed by atoms with E-state index < -0.39 is 174 Å². The molecule has 1 aliphatic carbocycles. The van der Waals surface area contributed by atoms with Gasteiger partial charge in [-0.3, -0.25) is 141 Å². The zero-order chi connectivity index (χ0) is 97.6. The second kappa shape index (κ2) is 58.6. The number of hydrogen-bond donors (Lipinski definition) is 19. The molecule has 0 aromatic heterocycles. The van der Waals surface area contributed by atoms with Crippen LogP contribution in [0, 0.1) is 29.1 Å². The molecule has 21 N–H and O–H groups in total. The Morgan fingerprint density at radius 2 is 0.902 bits per heavy atom. The number of nitrogens with two attached hydrogens (primary N) is 2. The molecule has 133 heavy (non-hydrogen) atoms. The van der Waals surface area contributed by atoms with E-state index in [0.717, 1.165) is 0 Å². The number of carboxylic acid groups (broad SMARTS) is 7. The average Bonchev–Trinajstić information content (AvgIpc) is 1.66. The highest BCUT2D eigenvalue weighted by Gasteiger charge is 2.42. The molecule has 47 heteroatoms. The summed E-state index contributed by atoms with van der Waals surface area (Å²) in [6.07, 6.45) is 2.17. The van der Waals surface area contributed by atoms with E-state index in [1.54, 1.807) is 39.2 Å². The Bertz CT molecular complexity index is 4060. The van der Waals surface area contributed by atoms with Gasteiger partial charge in [0.05, 0.1) is 89.7 Å². The number of benzene rings is 1. The van der Waals surface area contributed by atoms with Gasteiger partial charge in [-0.25, -0.2) is 0 Å². The number of nitrogens with zero attached hydrogens (tertiary/aromatic N) is 9. The van der Waals surface area contributed by atoms with Gasteiger partial charge in [-0.15, -0.1) is 0 Å². The van der Waals surface area contributed by atoms with Crippen LogP contribution in [0.5, 0.6) is 5.75 Å². The van der Waals surface area contributed by atoms with E-state index in [-0.39, 0.29) is 284 Å². The molecular formula is C86H136N20O27. The van der Waals surface area contributed by atoms with Crippen molar-refractivity contribution >= 4 is 118 Å². The highest BCUT2D eigenvalue weighted by atomic mass is 16.4. The third-order valence-corrected chi connectivity index (χ3v) is 24.3. The summed E-state index contributed by atoms with van der Waals surface area (Å²) in [7, 11) is 0. The van der Waals surface area contributed by atoms with Gasteiger partial charge >= 0.3 is 41.8 Å². The molecule has 4 aliphatic heterocycles. The lowest BCUT2D eigenvalue weighted by Gasteiger charge is -2.32. The third kappa shape index (κ3) is 43.9. The zero-order valence-electron chi connectivity index (χ0n) is 75.6. The van der Waals surface area contributed by atoms with Crippen LogP contribution < -0.4 is 54.0 Å². The molecule has 6 rings (SSSR count). The summed E-state index contributed by atoms with van der Waals surface area (Å²) in [5.41, 5.74) is 11.9. The molecule has 1 aromatic carbocycles. The number of carboxylic acids is 7. The first kappa shape index (κ1) is 110. The molecule has 742 valence electrons. The van der Waals surface area contributed by atoms with E-state index in [9.17, 15) is 132 Å². The number of unbranched alkanes of at least 4 members (excludes halogenated alkanes) is 4. The highest BCUT2D eigenvalue weighted by Crippen LogP contribution is 2.34. The van der Waals surface area contributed by atoms with E-state index in [1.807, 2.05) is 0 Å². The van der Waals surface area contributed by atoms with Crippen molar-refractivity contribution in [3.8, 4) is 5.75 Å². The first-order valence-electron chi connectivity index (χ1n) is 45.6. The molecule has 1 aromatic rings. The lowest BCUT2D eigenvalue weighted by atomic mass is 9.77. The predicted octanol–water partition coefficient (Wildman–Crippen LogP) is -5.17. The summed E-state index contributed by atoms with van der Waals surface area (Å²) in [6.45, 7) is 0.133. The number of phenolic OH excluding ortho intramolecular Hbond substituents is 1. The third-order valence-electron chi connectivity index (χ3n) is 24.3. The minimum atomic E-state index is -1.70. The van der Waals surface area contributed by atoms with Crippen molar-refractivity contribution in [2.45, 2.75) is 171 Å². The number of carbonyl (C=O) groups excluding carboxylic acids is 12. The van der Waals surface area contributed by atoms with Gasteiger partial charge in [-0.05, 0) is 120 Å². The highest BCUT2D eigenvalue weighted by molar-refractivity contribution is 6.05. The van der Waals surface area contributed by atoms with Gasteiger partial charge in [-0.2, -0.15) is 0 Å². The fourth-order valence-electron chi connectivity index (χ4n) is 16.8. The van der Waals surface area contributed by atoms with E-state index in [4.69, 9.17) is 16.9 Å². The number of phenols is 1. The molecule has 0 bridgehead atoms. The van der Waals surface area contributed by atoms with Crippen LogP contribution in [0.25, 0.3) is 0 Å². The molecule has 4 saturated heterocycles. The molecule has 5 fully saturated rings. The number of carbonyl (C=O) groups is 19. The van der Waals surface area contributed by atoms with Crippen LogP contribution in [0.2, 0.25) is 0 Å². The summed E-state index contributed by atoms with van der Waals surface area (Å²) < 4.78 is 0. The summed E-state index contributed by atoms with van der Waals surface area (Å²) >= 11 is 0. The van der Waals surface area contributed by atoms with Gasteiger partial charge in [0, 0.05) is 161 Å². The molecule has 1 saturated carbocycles. The SMILES string of the molecule is N=C(N)CCCC[C@@H]1NC(=O)C(CCCCNC2CC(=O)N(CC3CCC(C(=O)C[C@H](CCCCNC(=O)CN4CCN(CC(=O)O)CCN(CC(=O)O)CCN(CC(=O)O)CC4)C(=O)N[C@@H](CCCCNC(=O)CN4CCN(CC(=O)O)CCN(CC(=O)O)CCN(CC(=O)O)CC4)C(N)=O)CC3)C2=O)CC(=O)[C@@H](Cc2ccc(O)cc2)NC(=O)[C@H](CC(=O)O)NC(=O)CNC1=O. The number of likely N-dealkylation sites (tertiary alicyclic amines) is 1.